The van der Waals surface area contributed by atoms with Crippen LogP contribution in [0.1, 0.15) is 16.1 Å². The molecule has 0 unspecified atom stereocenters. The standard InChI is InChI=1S/C18H17N3O5S/c1-12-3-4-14(20-18(22)16-9-10-19-26-16)11-17(12)27(23,24)21-13-5-7-15(25-2)8-6-13/h3-11,21H,1-2H3,(H,20,22). The van der Waals surface area contributed by atoms with Crippen molar-refractivity contribution in [3.05, 3.63) is 66.1 Å². The average molecular weight is 387 g/mol. The van der Waals surface area contributed by atoms with Crippen LogP contribution < -0.4 is 14.8 Å². The Kier molecular flexibility index (Phi) is 5.13. The predicted octanol–water partition coefficient (Wildman–Crippen LogP) is 3.04. The number of anilines is 2. The molecule has 2 aromatic carbocycles. The van der Waals surface area contributed by atoms with E-state index in [2.05, 4.69) is 15.2 Å². The number of carbonyl (C=O) groups excluding carboxylic acids is 1. The fourth-order valence-corrected chi connectivity index (χ4v) is 3.69. The van der Waals surface area contributed by atoms with Gasteiger partial charge in [0.15, 0.2) is 0 Å². The van der Waals surface area contributed by atoms with Crippen LogP contribution in [0.4, 0.5) is 11.4 Å². The van der Waals surface area contributed by atoms with Gasteiger partial charge in [-0.2, -0.15) is 0 Å². The molecule has 0 atom stereocenters. The lowest BCUT2D eigenvalue weighted by molar-refractivity contribution is 0.0988. The van der Waals surface area contributed by atoms with Crippen molar-refractivity contribution in [2.45, 2.75) is 11.8 Å². The molecule has 0 saturated carbocycles. The van der Waals surface area contributed by atoms with Gasteiger partial charge in [-0.15, -0.1) is 0 Å². The summed E-state index contributed by atoms with van der Waals surface area (Å²) < 4.78 is 37.9. The van der Waals surface area contributed by atoms with Gasteiger partial charge in [0.25, 0.3) is 15.9 Å². The van der Waals surface area contributed by atoms with E-state index in [1.165, 1.54) is 25.4 Å². The van der Waals surface area contributed by atoms with Crippen LogP contribution in [0.15, 0.2) is 64.1 Å². The zero-order valence-electron chi connectivity index (χ0n) is 14.6. The summed E-state index contributed by atoms with van der Waals surface area (Å²) in [5.74, 6) is 0.116. The Labute approximate surface area is 156 Å². The number of hydrogen-bond acceptors (Lipinski definition) is 6. The molecule has 3 rings (SSSR count). The van der Waals surface area contributed by atoms with Crippen LogP contribution in [0.5, 0.6) is 5.75 Å². The molecule has 27 heavy (non-hydrogen) atoms. The van der Waals surface area contributed by atoms with Crippen molar-refractivity contribution < 1.29 is 22.5 Å². The lowest BCUT2D eigenvalue weighted by Crippen LogP contribution is -2.16. The van der Waals surface area contributed by atoms with E-state index in [1.807, 2.05) is 0 Å². The molecule has 9 heteroatoms. The van der Waals surface area contributed by atoms with Crippen LogP contribution in [0.2, 0.25) is 0 Å². The van der Waals surface area contributed by atoms with E-state index in [0.29, 0.717) is 22.7 Å². The van der Waals surface area contributed by atoms with Crippen molar-refractivity contribution in [3.8, 4) is 5.75 Å². The molecule has 0 bridgehead atoms. The largest absolute Gasteiger partial charge is 0.497 e. The number of amides is 1. The minimum Gasteiger partial charge on any atom is -0.497 e. The zero-order chi connectivity index (χ0) is 19.4. The third kappa shape index (κ3) is 4.26. The first-order valence-corrected chi connectivity index (χ1v) is 9.37. The number of sulfonamides is 1. The first-order chi connectivity index (χ1) is 12.9. The molecule has 1 aromatic heterocycles. The highest BCUT2D eigenvalue weighted by atomic mass is 32.2. The Balaban J connectivity index is 1.84. The minimum absolute atomic E-state index is 0.0244. The van der Waals surface area contributed by atoms with Crippen molar-refractivity contribution in [1.29, 1.82) is 0 Å². The number of nitrogens with zero attached hydrogens (tertiary/aromatic N) is 1. The molecule has 1 heterocycles. The molecule has 1 amide bonds. The molecule has 0 aliphatic heterocycles. The Morgan fingerprint density at radius 3 is 2.41 bits per heavy atom. The fourth-order valence-electron chi connectivity index (χ4n) is 2.36. The highest BCUT2D eigenvalue weighted by Gasteiger charge is 2.19. The summed E-state index contributed by atoms with van der Waals surface area (Å²) >= 11 is 0. The molecule has 0 aliphatic rings. The third-order valence-electron chi connectivity index (χ3n) is 3.74. The lowest BCUT2D eigenvalue weighted by Gasteiger charge is -2.12. The summed E-state index contributed by atoms with van der Waals surface area (Å²) in [5, 5.41) is 6.05. The number of aromatic nitrogens is 1. The van der Waals surface area contributed by atoms with Gasteiger partial charge in [-0.3, -0.25) is 9.52 Å². The van der Waals surface area contributed by atoms with E-state index < -0.39 is 15.9 Å². The molecule has 0 saturated heterocycles. The number of methoxy groups -OCH3 is 1. The van der Waals surface area contributed by atoms with Crippen LogP contribution >= 0.6 is 0 Å². The van der Waals surface area contributed by atoms with E-state index >= 15 is 0 Å². The molecule has 8 nitrogen and oxygen atoms in total. The summed E-state index contributed by atoms with van der Waals surface area (Å²) in [6, 6.07) is 12.5. The van der Waals surface area contributed by atoms with Gasteiger partial charge in [-0.1, -0.05) is 11.2 Å². The molecular formula is C18H17N3O5S. The normalized spacial score (nSPS) is 11.0. The maximum absolute atomic E-state index is 12.8. The molecule has 0 aliphatic carbocycles. The van der Waals surface area contributed by atoms with Gasteiger partial charge in [0.05, 0.1) is 18.2 Å². The van der Waals surface area contributed by atoms with E-state index in [4.69, 9.17) is 9.26 Å². The highest BCUT2D eigenvalue weighted by Crippen LogP contribution is 2.24. The Bertz CT molecular complexity index is 1050. The number of benzene rings is 2. The van der Waals surface area contributed by atoms with E-state index in [1.54, 1.807) is 43.3 Å². The zero-order valence-corrected chi connectivity index (χ0v) is 15.4. The van der Waals surface area contributed by atoms with Crippen molar-refractivity contribution in [3.63, 3.8) is 0 Å². The quantitative estimate of drug-likeness (QED) is 0.673. The first kappa shape index (κ1) is 18.5. The maximum atomic E-state index is 12.8. The monoisotopic (exact) mass is 387 g/mol. The van der Waals surface area contributed by atoms with Gasteiger partial charge in [-0.05, 0) is 48.9 Å². The van der Waals surface area contributed by atoms with Crippen molar-refractivity contribution in [2.24, 2.45) is 0 Å². The number of hydrogen-bond donors (Lipinski definition) is 2. The van der Waals surface area contributed by atoms with Crippen LogP contribution in [0.25, 0.3) is 0 Å². The molecule has 3 aromatic rings. The summed E-state index contributed by atoms with van der Waals surface area (Å²) in [6.45, 7) is 1.67. The van der Waals surface area contributed by atoms with Crippen molar-refractivity contribution >= 4 is 27.3 Å². The second-order valence-electron chi connectivity index (χ2n) is 5.65. The smallest absolute Gasteiger partial charge is 0.294 e. The second-order valence-corrected chi connectivity index (χ2v) is 7.30. The third-order valence-corrected chi connectivity index (χ3v) is 5.26. The molecule has 2 N–H and O–H groups in total. The summed E-state index contributed by atoms with van der Waals surface area (Å²) in [7, 11) is -2.32. The van der Waals surface area contributed by atoms with Crippen LogP contribution in [-0.2, 0) is 10.0 Å². The molecule has 140 valence electrons. The molecule has 0 radical (unpaired) electrons. The Morgan fingerprint density at radius 2 is 1.78 bits per heavy atom. The summed E-state index contributed by atoms with van der Waals surface area (Å²) in [4.78, 5) is 12.1. The van der Waals surface area contributed by atoms with Crippen LogP contribution in [0.3, 0.4) is 0 Å². The van der Waals surface area contributed by atoms with E-state index in [0.717, 1.165) is 0 Å². The van der Waals surface area contributed by atoms with Crippen molar-refractivity contribution in [1.82, 2.24) is 5.16 Å². The predicted molar refractivity (Wildman–Crippen MR) is 99.4 cm³/mol. The Hall–Kier alpha value is -3.33. The maximum Gasteiger partial charge on any atom is 0.294 e. The van der Waals surface area contributed by atoms with Gasteiger partial charge < -0.3 is 14.6 Å². The van der Waals surface area contributed by atoms with Gasteiger partial charge in [-0.25, -0.2) is 8.42 Å². The van der Waals surface area contributed by atoms with Gasteiger partial charge in [0, 0.05) is 17.4 Å². The number of rotatable bonds is 6. The van der Waals surface area contributed by atoms with Gasteiger partial charge in [0.1, 0.15) is 5.75 Å². The molecule has 0 spiro atoms. The minimum atomic E-state index is -3.85. The summed E-state index contributed by atoms with van der Waals surface area (Å²) in [5.41, 5.74) is 1.25. The van der Waals surface area contributed by atoms with E-state index in [9.17, 15) is 13.2 Å². The van der Waals surface area contributed by atoms with Gasteiger partial charge >= 0.3 is 0 Å². The average Bonchev–Trinajstić information content (AvgIpc) is 3.18. The molecule has 0 fully saturated rings. The van der Waals surface area contributed by atoms with Crippen molar-refractivity contribution in [2.75, 3.05) is 17.1 Å². The number of carbonyl (C=O) groups is 1. The number of nitrogens with one attached hydrogen (secondary N) is 2. The molecular weight excluding hydrogens is 370 g/mol. The van der Waals surface area contributed by atoms with Gasteiger partial charge in [0.2, 0.25) is 5.76 Å². The summed E-state index contributed by atoms with van der Waals surface area (Å²) in [6.07, 6.45) is 1.35. The lowest BCUT2D eigenvalue weighted by atomic mass is 10.2. The van der Waals surface area contributed by atoms with E-state index in [-0.39, 0.29) is 10.7 Å². The fraction of sp³-hybridized carbons (Fsp3) is 0.111. The van der Waals surface area contributed by atoms with Crippen LogP contribution in [0, 0.1) is 6.92 Å². The number of ether oxygens (including phenoxy) is 1. The first-order valence-electron chi connectivity index (χ1n) is 7.88. The van der Waals surface area contributed by atoms with Crippen LogP contribution in [-0.4, -0.2) is 26.6 Å². The SMILES string of the molecule is COc1ccc(NS(=O)(=O)c2cc(NC(=O)c3ccno3)ccc2C)cc1. The Morgan fingerprint density at radius 1 is 1.07 bits per heavy atom. The topological polar surface area (TPSA) is 111 Å². The highest BCUT2D eigenvalue weighted by molar-refractivity contribution is 7.92. The number of aryl methyl sites for hydroxylation is 1. The second kappa shape index (κ2) is 7.50.